The van der Waals surface area contributed by atoms with E-state index in [2.05, 4.69) is 14.9 Å². The third-order valence-electron chi connectivity index (χ3n) is 4.82. The number of ether oxygens (including phenoxy) is 1. The summed E-state index contributed by atoms with van der Waals surface area (Å²) in [4.78, 5) is 21.9. The number of aromatic nitrogens is 2. The van der Waals surface area contributed by atoms with Gasteiger partial charge in [0.1, 0.15) is 12.1 Å². The second-order valence-corrected chi connectivity index (χ2v) is 5.96. The molecule has 2 saturated heterocycles. The van der Waals surface area contributed by atoms with Crippen LogP contribution < -0.4 is 4.90 Å². The lowest BCUT2D eigenvalue weighted by Gasteiger charge is -2.21. The van der Waals surface area contributed by atoms with Gasteiger partial charge in [0, 0.05) is 31.7 Å². The molecule has 6 nitrogen and oxygen atoms in total. The van der Waals surface area contributed by atoms with Crippen LogP contribution in [0.25, 0.3) is 0 Å². The summed E-state index contributed by atoms with van der Waals surface area (Å²) >= 11 is 0. The van der Waals surface area contributed by atoms with Gasteiger partial charge in [0.05, 0.1) is 18.2 Å². The molecule has 106 valence electrons. The molecule has 6 heteroatoms. The molecule has 0 spiro atoms. The minimum Gasteiger partial charge on any atom is -0.481 e. The first-order valence-corrected chi connectivity index (χ1v) is 7.11. The Hall–Kier alpha value is -1.69. The van der Waals surface area contributed by atoms with Gasteiger partial charge in [0.15, 0.2) is 0 Å². The van der Waals surface area contributed by atoms with Gasteiger partial charge in [-0.15, -0.1) is 0 Å². The monoisotopic (exact) mass is 275 g/mol. The number of hydrogen-bond acceptors (Lipinski definition) is 5. The maximum absolute atomic E-state index is 11.0. The van der Waals surface area contributed by atoms with E-state index in [9.17, 15) is 4.79 Å². The summed E-state index contributed by atoms with van der Waals surface area (Å²) in [5.74, 6) is 1.14. The average Bonchev–Trinajstić information content (AvgIpc) is 2.90. The molecular weight excluding hydrogens is 258 g/mol. The summed E-state index contributed by atoms with van der Waals surface area (Å²) in [6.07, 6.45) is 2.63. The van der Waals surface area contributed by atoms with Crippen molar-refractivity contribution in [3.63, 3.8) is 0 Å². The number of anilines is 1. The molecule has 1 saturated carbocycles. The van der Waals surface area contributed by atoms with Gasteiger partial charge >= 0.3 is 5.97 Å². The molecule has 2 aliphatic heterocycles. The first kappa shape index (κ1) is 12.1. The number of carboxylic acid groups (broad SMARTS) is 1. The fourth-order valence-electron chi connectivity index (χ4n) is 3.61. The molecule has 1 unspecified atom stereocenters. The average molecular weight is 275 g/mol. The van der Waals surface area contributed by atoms with Gasteiger partial charge in [-0.25, -0.2) is 9.97 Å². The van der Waals surface area contributed by atoms with E-state index >= 15 is 0 Å². The molecule has 4 atom stereocenters. The van der Waals surface area contributed by atoms with Crippen molar-refractivity contribution in [2.45, 2.75) is 12.3 Å². The normalized spacial score (nSPS) is 35.1. The van der Waals surface area contributed by atoms with Crippen molar-refractivity contribution < 1.29 is 14.6 Å². The summed E-state index contributed by atoms with van der Waals surface area (Å²) in [6.45, 7) is 3.15. The van der Waals surface area contributed by atoms with Crippen LogP contribution in [0.15, 0.2) is 12.4 Å². The van der Waals surface area contributed by atoms with Gasteiger partial charge in [-0.1, -0.05) is 0 Å². The summed E-state index contributed by atoms with van der Waals surface area (Å²) in [7, 11) is 0. The predicted molar refractivity (Wildman–Crippen MR) is 70.5 cm³/mol. The van der Waals surface area contributed by atoms with Crippen LogP contribution in [0.1, 0.15) is 18.0 Å². The van der Waals surface area contributed by atoms with E-state index < -0.39 is 5.97 Å². The number of rotatable bonds is 3. The highest BCUT2D eigenvalue weighted by atomic mass is 16.5. The zero-order chi connectivity index (χ0) is 13.7. The molecule has 0 radical (unpaired) electrons. The standard InChI is InChI=1S/C14H17N3O3/c18-14(19)13-9-4-17(5-10(9)13)12-3-11(15-7-16-12)8-1-2-20-6-8/h3,7-10,13H,1-2,4-6H2,(H,18,19)/t8-,9-,10+,13?/m1/s1. The third-order valence-corrected chi connectivity index (χ3v) is 4.82. The van der Waals surface area contributed by atoms with E-state index in [-0.39, 0.29) is 5.92 Å². The minimum atomic E-state index is -0.647. The smallest absolute Gasteiger partial charge is 0.307 e. The van der Waals surface area contributed by atoms with Crippen molar-refractivity contribution in [1.82, 2.24) is 9.97 Å². The molecule has 1 aliphatic carbocycles. The first-order chi connectivity index (χ1) is 9.74. The predicted octanol–water partition coefficient (Wildman–Crippen LogP) is 0.747. The van der Waals surface area contributed by atoms with Gasteiger partial charge in [0.25, 0.3) is 0 Å². The van der Waals surface area contributed by atoms with Crippen molar-refractivity contribution >= 4 is 11.8 Å². The lowest BCUT2D eigenvalue weighted by Crippen LogP contribution is -2.27. The van der Waals surface area contributed by atoms with Crippen molar-refractivity contribution in [2.24, 2.45) is 17.8 Å². The second-order valence-electron chi connectivity index (χ2n) is 5.96. The molecule has 3 heterocycles. The molecule has 0 bridgehead atoms. The zero-order valence-corrected chi connectivity index (χ0v) is 11.1. The van der Waals surface area contributed by atoms with Crippen molar-refractivity contribution in [3.05, 3.63) is 18.1 Å². The van der Waals surface area contributed by atoms with Crippen LogP contribution in [0.5, 0.6) is 0 Å². The number of nitrogens with zero attached hydrogens (tertiary/aromatic N) is 3. The quantitative estimate of drug-likeness (QED) is 0.877. The first-order valence-electron chi connectivity index (χ1n) is 7.11. The Bertz CT molecular complexity index is 532. The molecule has 0 amide bonds. The van der Waals surface area contributed by atoms with Gasteiger partial charge in [-0.2, -0.15) is 0 Å². The van der Waals surface area contributed by atoms with Gasteiger partial charge in [0.2, 0.25) is 0 Å². The molecule has 3 fully saturated rings. The number of fused-ring (bicyclic) bond motifs is 1. The summed E-state index contributed by atoms with van der Waals surface area (Å²) < 4.78 is 5.40. The Balaban J connectivity index is 1.48. The lowest BCUT2D eigenvalue weighted by molar-refractivity contribution is -0.139. The molecule has 1 aromatic rings. The molecule has 20 heavy (non-hydrogen) atoms. The molecule has 3 aliphatic rings. The van der Waals surface area contributed by atoms with Gasteiger partial charge in [-0.3, -0.25) is 4.79 Å². The van der Waals surface area contributed by atoms with Gasteiger partial charge < -0.3 is 14.7 Å². The summed E-state index contributed by atoms with van der Waals surface area (Å²) in [5, 5.41) is 9.05. The van der Waals surface area contributed by atoms with Crippen LogP contribution in [-0.4, -0.2) is 47.3 Å². The fourth-order valence-corrected chi connectivity index (χ4v) is 3.61. The molecule has 4 rings (SSSR count). The molecule has 1 aromatic heterocycles. The van der Waals surface area contributed by atoms with Crippen LogP contribution in [0.4, 0.5) is 5.82 Å². The number of aliphatic carboxylic acids is 1. The van der Waals surface area contributed by atoms with E-state index in [0.717, 1.165) is 44.2 Å². The number of carbonyl (C=O) groups is 1. The van der Waals surface area contributed by atoms with E-state index in [1.165, 1.54) is 0 Å². The van der Waals surface area contributed by atoms with Crippen LogP contribution in [-0.2, 0) is 9.53 Å². The lowest BCUT2D eigenvalue weighted by atomic mass is 10.0. The van der Waals surface area contributed by atoms with Crippen LogP contribution in [0.3, 0.4) is 0 Å². The van der Waals surface area contributed by atoms with Crippen LogP contribution >= 0.6 is 0 Å². The van der Waals surface area contributed by atoms with Crippen molar-refractivity contribution in [2.75, 3.05) is 31.2 Å². The van der Waals surface area contributed by atoms with E-state index in [1.54, 1.807) is 6.33 Å². The largest absolute Gasteiger partial charge is 0.481 e. The van der Waals surface area contributed by atoms with Crippen LogP contribution in [0.2, 0.25) is 0 Å². The number of hydrogen-bond donors (Lipinski definition) is 1. The molecular formula is C14H17N3O3. The molecule has 0 aromatic carbocycles. The van der Waals surface area contributed by atoms with E-state index in [4.69, 9.17) is 9.84 Å². The highest BCUT2D eigenvalue weighted by molar-refractivity contribution is 5.75. The van der Waals surface area contributed by atoms with E-state index in [1.807, 2.05) is 6.07 Å². The topological polar surface area (TPSA) is 75.5 Å². The number of carboxylic acids is 1. The third kappa shape index (κ3) is 1.86. The Morgan fingerprint density at radius 2 is 2.15 bits per heavy atom. The maximum atomic E-state index is 11.0. The highest BCUT2D eigenvalue weighted by Gasteiger charge is 2.60. The Morgan fingerprint density at radius 3 is 2.80 bits per heavy atom. The number of piperidine rings is 1. The Morgan fingerprint density at radius 1 is 1.35 bits per heavy atom. The molecule has 1 N–H and O–H groups in total. The van der Waals surface area contributed by atoms with Crippen LogP contribution in [0, 0.1) is 17.8 Å². The zero-order valence-electron chi connectivity index (χ0n) is 11.1. The summed E-state index contributed by atoms with van der Waals surface area (Å²) in [5.41, 5.74) is 1.04. The minimum absolute atomic E-state index is 0.129. The SMILES string of the molecule is O=C(O)C1[C@H]2CN(c3cc([C@@H]4CCOC4)ncn3)C[C@@H]12. The van der Waals surface area contributed by atoms with E-state index in [0.29, 0.717) is 17.8 Å². The van der Waals surface area contributed by atoms with Gasteiger partial charge in [-0.05, 0) is 18.3 Å². The summed E-state index contributed by atoms with van der Waals surface area (Å²) in [6, 6.07) is 2.04. The van der Waals surface area contributed by atoms with Crippen molar-refractivity contribution in [1.29, 1.82) is 0 Å². The fraction of sp³-hybridized carbons (Fsp3) is 0.643. The maximum Gasteiger partial charge on any atom is 0.307 e. The van der Waals surface area contributed by atoms with Crippen molar-refractivity contribution in [3.8, 4) is 0 Å². The Kier molecular flexibility index (Phi) is 2.66. The second kappa shape index (κ2) is 4.41. The Labute approximate surface area is 116 Å². The highest BCUT2D eigenvalue weighted by Crippen LogP contribution is 2.52.